The quantitative estimate of drug-likeness (QED) is 0.493. The topological polar surface area (TPSA) is 118 Å². The second kappa shape index (κ2) is 7.99. The van der Waals surface area contributed by atoms with Gasteiger partial charge in [-0.05, 0) is 43.9 Å². The highest BCUT2D eigenvalue weighted by molar-refractivity contribution is 6.30. The molecular weight excluding hydrogens is 416 g/mol. The van der Waals surface area contributed by atoms with E-state index in [0.717, 1.165) is 48.5 Å². The monoisotopic (exact) mass is 440 g/mol. The van der Waals surface area contributed by atoms with Crippen molar-refractivity contribution in [2.75, 3.05) is 17.2 Å². The van der Waals surface area contributed by atoms with Crippen molar-refractivity contribution in [2.24, 2.45) is 10.7 Å². The molecule has 9 nitrogen and oxygen atoms in total. The van der Waals surface area contributed by atoms with Gasteiger partial charge in [0, 0.05) is 29.8 Å². The molecule has 1 fully saturated rings. The van der Waals surface area contributed by atoms with E-state index in [1.54, 1.807) is 6.20 Å². The Balaban J connectivity index is 1.52. The van der Waals surface area contributed by atoms with E-state index in [0.29, 0.717) is 23.1 Å². The number of aliphatic imine (C=N–C) groups is 1. The van der Waals surface area contributed by atoms with Gasteiger partial charge in [-0.2, -0.15) is 10.2 Å². The molecule has 0 amide bonds. The highest BCUT2D eigenvalue weighted by atomic mass is 35.5. The fourth-order valence-corrected chi connectivity index (χ4v) is 4.11. The molecule has 1 saturated heterocycles. The van der Waals surface area contributed by atoms with Gasteiger partial charge >= 0.3 is 0 Å². The minimum absolute atomic E-state index is 0.128. The molecular formula is C21H25ClN8O. The summed E-state index contributed by atoms with van der Waals surface area (Å²) in [4.78, 5) is 4.83. The second-order valence-electron chi connectivity index (χ2n) is 8.05. The molecule has 2 aliphatic heterocycles. The molecule has 2 aliphatic rings. The van der Waals surface area contributed by atoms with Gasteiger partial charge in [0.05, 0.1) is 11.8 Å². The van der Waals surface area contributed by atoms with Gasteiger partial charge in [-0.1, -0.05) is 23.7 Å². The Morgan fingerprint density at radius 3 is 2.87 bits per heavy atom. The molecule has 5 N–H and O–H groups in total. The third kappa shape index (κ3) is 4.16. The summed E-state index contributed by atoms with van der Waals surface area (Å²) in [7, 11) is 0. The minimum atomic E-state index is -1.08. The van der Waals surface area contributed by atoms with Gasteiger partial charge < -0.3 is 15.4 Å². The molecule has 0 spiro atoms. The largest absolute Gasteiger partial charge is 0.356 e. The van der Waals surface area contributed by atoms with Crippen LogP contribution < -0.4 is 16.4 Å². The Kier molecular flexibility index (Phi) is 5.17. The van der Waals surface area contributed by atoms with Crippen LogP contribution in [-0.4, -0.2) is 38.2 Å². The number of nitrogens with one attached hydrogen (secondary N) is 3. The maximum Gasteiger partial charge on any atom is 0.189 e. The van der Waals surface area contributed by atoms with Gasteiger partial charge in [-0.25, -0.2) is 9.67 Å². The average molecular weight is 441 g/mol. The molecule has 0 bridgehead atoms. The first-order valence-electron chi connectivity index (χ1n) is 10.4. The van der Waals surface area contributed by atoms with E-state index in [2.05, 4.69) is 25.9 Å². The van der Waals surface area contributed by atoms with Gasteiger partial charge in [0.15, 0.2) is 17.8 Å². The lowest BCUT2D eigenvalue weighted by molar-refractivity contribution is -0.0383. The number of aromatic nitrogens is 4. The smallest absolute Gasteiger partial charge is 0.189 e. The number of anilines is 2. The van der Waals surface area contributed by atoms with Crippen molar-refractivity contribution in [3.63, 3.8) is 0 Å². The van der Waals surface area contributed by atoms with Crippen molar-refractivity contribution in [3.05, 3.63) is 58.4 Å². The molecule has 0 aliphatic carbocycles. The molecule has 0 saturated carbocycles. The van der Waals surface area contributed by atoms with Crippen LogP contribution in [0.25, 0.3) is 0 Å². The number of fused-ring (bicyclic) bond motifs is 1. The van der Waals surface area contributed by atoms with Crippen LogP contribution in [0.3, 0.4) is 0 Å². The number of H-pyrrole nitrogens is 1. The van der Waals surface area contributed by atoms with Crippen molar-refractivity contribution < 1.29 is 4.74 Å². The molecule has 2 aromatic heterocycles. The number of amidine groups is 1. The molecule has 1 aromatic carbocycles. The fourth-order valence-electron chi connectivity index (χ4n) is 3.98. The lowest BCUT2D eigenvalue weighted by atomic mass is 10.1. The summed E-state index contributed by atoms with van der Waals surface area (Å²) in [6.45, 7) is 2.67. The summed E-state index contributed by atoms with van der Waals surface area (Å²) >= 11 is 6.04. The number of ether oxygens (including phenoxy) is 1. The summed E-state index contributed by atoms with van der Waals surface area (Å²) in [5, 5.41) is 19.2. The SMILES string of the molecule is Cc1cc(NC2=NC(N)(Cc3ccc(Cl)cc3)Nc3c2cnn3C2CCCCO2)n[nH]1. The zero-order valence-electron chi connectivity index (χ0n) is 17.2. The standard InChI is InChI=1S/C21H25ClN8O/c1-13-10-17(29-28-13)25-19-16-12-24-30(18-4-2-3-9-31-18)20(16)27-21(23,26-19)11-14-5-7-15(22)8-6-14/h5-8,10,12,18,27H,2-4,9,11,23H2,1H3,(H2,25,26,28,29). The molecule has 10 heteroatoms. The second-order valence-corrected chi connectivity index (χ2v) is 8.48. The first-order chi connectivity index (χ1) is 15.0. The lowest BCUT2D eigenvalue weighted by Crippen LogP contribution is -2.52. The third-order valence-electron chi connectivity index (χ3n) is 5.46. The van der Waals surface area contributed by atoms with Gasteiger partial charge in [-0.15, -0.1) is 0 Å². The first kappa shape index (κ1) is 20.0. The number of aromatic amines is 1. The van der Waals surface area contributed by atoms with Crippen LogP contribution in [0.2, 0.25) is 5.02 Å². The predicted molar refractivity (Wildman–Crippen MR) is 120 cm³/mol. The molecule has 3 aromatic rings. The normalized spacial score (nSPS) is 23.1. The van der Waals surface area contributed by atoms with Gasteiger partial charge in [0.25, 0.3) is 0 Å². The number of benzene rings is 1. The van der Waals surface area contributed by atoms with Gasteiger partial charge in [0.2, 0.25) is 0 Å². The Bertz CT molecular complexity index is 1100. The van der Waals surface area contributed by atoms with Crippen LogP contribution in [0.15, 0.2) is 41.5 Å². The molecule has 2 atom stereocenters. The van der Waals surface area contributed by atoms with Crippen LogP contribution in [0.1, 0.15) is 42.3 Å². The van der Waals surface area contributed by atoms with Crippen LogP contribution >= 0.6 is 11.6 Å². The highest BCUT2D eigenvalue weighted by Gasteiger charge is 2.36. The highest BCUT2D eigenvalue weighted by Crippen LogP contribution is 2.33. The van der Waals surface area contributed by atoms with Crippen molar-refractivity contribution in [1.29, 1.82) is 0 Å². The number of hydrogen-bond donors (Lipinski definition) is 4. The van der Waals surface area contributed by atoms with Crippen molar-refractivity contribution in [1.82, 2.24) is 20.0 Å². The molecule has 5 rings (SSSR count). The first-order valence-corrected chi connectivity index (χ1v) is 10.8. The van der Waals surface area contributed by atoms with Crippen molar-refractivity contribution in [2.45, 2.75) is 44.6 Å². The van der Waals surface area contributed by atoms with Crippen LogP contribution in [0, 0.1) is 6.92 Å². The maximum atomic E-state index is 6.77. The third-order valence-corrected chi connectivity index (χ3v) is 5.72. The molecule has 0 radical (unpaired) electrons. The van der Waals surface area contributed by atoms with E-state index in [-0.39, 0.29) is 6.23 Å². The molecule has 31 heavy (non-hydrogen) atoms. The predicted octanol–water partition coefficient (Wildman–Crippen LogP) is 3.41. The Morgan fingerprint density at radius 1 is 1.32 bits per heavy atom. The lowest BCUT2D eigenvalue weighted by Gasteiger charge is -2.34. The van der Waals surface area contributed by atoms with Gasteiger partial charge in [-0.3, -0.25) is 10.8 Å². The Labute approximate surface area is 185 Å². The Hall–Kier alpha value is -2.88. The average Bonchev–Trinajstić information content (AvgIpc) is 3.36. The number of aryl methyl sites for hydroxylation is 1. The van der Waals surface area contributed by atoms with E-state index in [1.165, 1.54) is 0 Å². The zero-order valence-corrected chi connectivity index (χ0v) is 18.0. The number of halogens is 1. The van der Waals surface area contributed by atoms with E-state index < -0.39 is 5.79 Å². The number of rotatable bonds is 4. The molecule has 2 unspecified atom stereocenters. The van der Waals surface area contributed by atoms with Crippen molar-refractivity contribution in [3.8, 4) is 0 Å². The van der Waals surface area contributed by atoms with Crippen LogP contribution in [-0.2, 0) is 11.2 Å². The van der Waals surface area contributed by atoms with Crippen LogP contribution in [0.5, 0.6) is 0 Å². The molecule has 4 heterocycles. The van der Waals surface area contributed by atoms with Crippen molar-refractivity contribution >= 4 is 29.1 Å². The summed E-state index contributed by atoms with van der Waals surface area (Å²) < 4.78 is 7.85. The maximum absolute atomic E-state index is 6.77. The summed E-state index contributed by atoms with van der Waals surface area (Å²) in [5.74, 6) is 0.979. The molecule has 162 valence electrons. The van der Waals surface area contributed by atoms with Gasteiger partial charge in [0.1, 0.15) is 11.7 Å². The summed E-state index contributed by atoms with van der Waals surface area (Å²) in [6.07, 6.45) is 5.19. The summed E-state index contributed by atoms with van der Waals surface area (Å²) in [6, 6.07) is 9.52. The van der Waals surface area contributed by atoms with E-state index in [9.17, 15) is 0 Å². The fraction of sp³-hybridized carbons (Fsp3) is 0.381. The van der Waals surface area contributed by atoms with E-state index in [1.807, 2.05) is 41.9 Å². The summed E-state index contributed by atoms with van der Waals surface area (Å²) in [5.41, 5.74) is 9.56. The Morgan fingerprint density at radius 2 is 2.16 bits per heavy atom. The zero-order chi connectivity index (χ0) is 21.4. The van der Waals surface area contributed by atoms with Crippen LogP contribution in [0.4, 0.5) is 11.6 Å². The van der Waals surface area contributed by atoms with E-state index in [4.69, 9.17) is 27.1 Å². The number of nitrogens with two attached hydrogens (primary N) is 1. The number of nitrogens with zero attached hydrogens (tertiary/aromatic N) is 4. The number of hydrogen-bond acceptors (Lipinski definition) is 7. The van der Waals surface area contributed by atoms with E-state index >= 15 is 0 Å². The minimum Gasteiger partial charge on any atom is -0.356 e.